The van der Waals surface area contributed by atoms with Crippen LogP contribution in [0.2, 0.25) is 0 Å². The van der Waals surface area contributed by atoms with Gasteiger partial charge in [0.2, 0.25) is 0 Å². The van der Waals surface area contributed by atoms with Crippen LogP contribution in [0.3, 0.4) is 0 Å². The molecule has 0 aromatic carbocycles. The van der Waals surface area contributed by atoms with Gasteiger partial charge < -0.3 is 4.74 Å². The first kappa shape index (κ1) is 14.9. The Kier molecular flexibility index (Phi) is 11.2. The smallest absolute Gasteiger partial charge is 0.330 e. The van der Waals surface area contributed by atoms with Crippen LogP contribution in [0.25, 0.3) is 0 Å². The fraction of sp³-hybridized carbons (Fsp3) is 0.643. The minimum atomic E-state index is -0.241. The minimum absolute atomic E-state index is 0.241. The van der Waals surface area contributed by atoms with Gasteiger partial charge in [-0.15, -0.1) is 0 Å². The molecule has 0 unspecified atom stereocenters. The quantitative estimate of drug-likeness (QED) is 0.256. The van der Waals surface area contributed by atoms with E-state index >= 15 is 0 Å². The number of allylic oxidation sites excluding steroid dienone is 3. The van der Waals surface area contributed by atoms with Gasteiger partial charge in [-0.3, -0.25) is 0 Å². The summed E-state index contributed by atoms with van der Waals surface area (Å²) in [6.45, 7) is 4.47. The lowest BCUT2D eigenvalue weighted by Gasteiger charge is -1.94. The van der Waals surface area contributed by atoms with E-state index < -0.39 is 0 Å². The van der Waals surface area contributed by atoms with Crippen molar-refractivity contribution >= 4 is 5.97 Å². The summed E-state index contributed by atoms with van der Waals surface area (Å²) in [4.78, 5) is 10.9. The zero-order valence-corrected chi connectivity index (χ0v) is 10.6. The maximum atomic E-state index is 10.9. The molecule has 16 heavy (non-hydrogen) atoms. The van der Waals surface area contributed by atoms with Crippen molar-refractivity contribution in [2.75, 3.05) is 6.61 Å². The second kappa shape index (κ2) is 12.0. The third-order valence-electron chi connectivity index (χ3n) is 2.18. The van der Waals surface area contributed by atoms with Crippen LogP contribution in [-0.4, -0.2) is 12.6 Å². The number of rotatable bonds is 9. The van der Waals surface area contributed by atoms with Gasteiger partial charge >= 0.3 is 5.97 Å². The van der Waals surface area contributed by atoms with E-state index in [0.29, 0.717) is 6.61 Å². The number of unbranched alkanes of at least 4 members (excludes halogenated alkanes) is 4. The molecule has 0 heterocycles. The molecule has 92 valence electrons. The minimum Gasteiger partial charge on any atom is -0.463 e. The highest BCUT2D eigenvalue weighted by Crippen LogP contribution is 2.01. The predicted molar refractivity (Wildman–Crippen MR) is 68.3 cm³/mol. The lowest BCUT2D eigenvalue weighted by molar-refractivity contribution is -0.137. The first-order chi connectivity index (χ1) is 7.81. The summed E-state index contributed by atoms with van der Waals surface area (Å²) in [6.07, 6.45) is 14.7. The zero-order valence-electron chi connectivity index (χ0n) is 10.6. The van der Waals surface area contributed by atoms with Crippen molar-refractivity contribution in [2.45, 2.75) is 52.4 Å². The van der Waals surface area contributed by atoms with Crippen molar-refractivity contribution in [3.8, 4) is 0 Å². The van der Waals surface area contributed by atoms with Gasteiger partial charge in [-0.2, -0.15) is 0 Å². The molecule has 0 amide bonds. The van der Waals surface area contributed by atoms with Gasteiger partial charge in [-0.1, -0.05) is 38.0 Å². The van der Waals surface area contributed by atoms with Crippen LogP contribution in [0.4, 0.5) is 0 Å². The Morgan fingerprint density at radius 3 is 2.38 bits per heavy atom. The van der Waals surface area contributed by atoms with Gasteiger partial charge in [-0.05, 0) is 32.6 Å². The summed E-state index contributed by atoms with van der Waals surface area (Å²) in [6, 6.07) is 0. The standard InChI is InChI=1S/C14H24O2/c1-3-5-6-7-8-9-10-11-12-13-14(15)16-4-2/h8-9,12-13H,3-7,10-11H2,1-2H3/b9-8+,13-12+. The second-order valence-electron chi connectivity index (χ2n) is 3.70. The molecule has 0 aliphatic rings. The number of ether oxygens (including phenoxy) is 1. The molecule has 0 aromatic rings. The van der Waals surface area contributed by atoms with Gasteiger partial charge in [0.05, 0.1) is 6.61 Å². The molecule has 0 N–H and O–H groups in total. The topological polar surface area (TPSA) is 26.3 Å². The van der Waals surface area contributed by atoms with Gasteiger partial charge in [0.1, 0.15) is 0 Å². The molecule has 0 radical (unpaired) electrons. The average molecular weight is 224 g/mol. The van der Waals surface area contributed by atoms with E-state index in [1.165, 1.54) is 31.8 Å². The largest absolute Gasteiger partial charge is 0.463 e. The van der Waals surface area contributed by atoms with Crippen molar-refractivity contribution in [2.24, 2.45) is 0 Å². The van der Waals surface area contributed by atoms with Crippen molar-refractivity contribution in [3.63, 3.8) is 0 Å². The fourth-order valence-electron chi connectivity index (χ4n) is 1.31. The average Bonchev–Trinajstić information content (AvgIpc) is 2.27. The van der Waals surface area contributed by atoms with Crippen molar-refractivity contribution < 1.29 is 9.53 Å². The molecule has 0 aromatic heterocycles. The molecule has 0 aliphatic carbocycles. The molecule has 0 atom stereocenters. The second-order valence-corrected chi connectivity index (χ2v) is 3.70. The van der Waals surface area contributed by atoms with Crippen LogP contribution in [0.5, 0.6) is 0 Å². The van der Waals surface area contributed by atoms with Crippen molar-refractivity contribution in [3.05, 3.63) is 24.3 Å². The number of hydrogen-bond acceptors (Lipinski definition) is 2. The van der Waals surface area contributed by atoms with Gasteiger partial charge in [-0.25, -0.2) is 4.79 Å². The Labute approximate surface area is 99.4 Å². The summed E-state index contributed by atoms with van der Waals surface area (Å²) in [5, 5.41) is 0. The molecule has 0 bridgehead atoms. The molecule has 0 fully saturated rings. The molecule has 0 saturated heterocycles. The van der Waals surface area contributed by atoms with Crippen molar-refractivity contribution in [1.82, 2.24) is 0 Å². The Balaban J connectivity index is 3.34. The Morgan fingerprint density at radius 2 is 1.69 bits per heavy atom. The molecule has 0 saturated carbocycles. The number of hydrogen-bond donors (Lipinski definition) is 0. The van der Waals surface area contributed by atoms with Gasteiger partial charge in [0.15, 0.2) is 0 Å². The molecular formula is C14H24O2. The van der Waals surface area contributed by atoms with E-state index in [-0.39, 0.29) is 5.97 Å². The van der Waals surface area contributed by atoms with E-state index in [0.717, 1.165) is 12.8 Å². The van der Waals surface area contributed by atoms with E-state index in [4.69, 9.17) is 4.74 Å². The maximum Gasteiger partial charge on any atom is 0.330 e. The number of carbonyl (C=O) groups is 1. The highest BCUT2D eigenvalue weighted by Gasteiger charge is 1.90. The monoisotopic (exact) mass is 224 g/mol. The van der Waals surface area contributed by atoms with Crippen LogP contribution < -0.4 is 0 Å². The van der Waals surface area contributed by atoms with Crippen LogP contribution in [0, 0.1) is 0 Å². The predicted octanol–water partition coefficient (Wildman–Crippen LogP) is 4.02. The first-order valence-corrected chi connectivity index (χ1v) is 6.29. The van der Waals surface area contributed by atoms with E-state index in [9.17, 15) is 4.79 Å². The van der Waals surface area contributed by atoms with E-state index in [2.05, 4.69) is 19.1 Å². The Morgan fingerprint density at radius 1 is 1.00 bits per heavy atom. The molecule has 0 aliphatic heterocycles. The van der Waals surface area contributed by atoms with Crippen LogP contribution in [0.15, 0.2) is 24.3 Å². The summed E-state index contributed by atoms with van der Waals surface area (Å²) in [5.41, 5.74) is 0. The Hall–Kier alpha value is -1.05. The van der Waals surface area contributed by atoms with Gasteiger partial charge in [0, 0.05) is 6.08 Å². The third kappa shape index (κ3) is 11.0. The van der Waals surface area contributed by atoms with Crippen LogP contribution >= 0.6 is 0 Å². The summed E-state index contributed by atoms with van der Waals surface area (Å²) in [7, 11) is 0. The number of carbonyl (C=O) groups excluding carboxylic acids is 1. The highest BCUT2D eigenvalue weighted by atomic mass is 16.5. The molecule has 0 rings (SSSR count). The van der Waals surface area contributed by atoms with Crippen LogP contribution in [-0.2, 0) is 9.53 Å². The zero-order chi connectivity index (χ0) is 12.1. The fourth-order valence-corrected chi connectivity index (χ4v) is 1.31. The molecule has 0 spiro atoms. The SMILES string of the molecule is CCCCC/C=C/CC/C=C/C(=O)OCC. The van der Waals surface area contributed by atoms with Crippen molar-refractivity contribution in [1.29, 1.82) is 0 Å². The Bertz CT molecular complexity index is 217. The summed E-state index contributed by atoms with van der Waals surface area (Å²) in [5.74, 6) is -0.241. The lowest BCUT2D eigenvalue weighted by atomic mass is 10.2. The third-order valence-corrected chi connectivity index (χ3v) is 2.18. The van der Waals surface area contributed by atoms with Crippen LogP contribution in [0.1, 0.15) is 52.4 Å². The molecule has 2 heteroatoms. The van der Waals surface area contributed by atoms with E-state index in [1.54, 1.807) is 0 Å². The number of esters is 1. The van der Waals surface area contributed by atoms with E-state index in [1.807, 2.05) is 13.0 Å². The molecular weight excluding hydrogens is 200 g/mol. The maximum absolute atomic E-state index is 10.9. The normalized spacial score (nSPS) is 11.4. The van der Waals surface area contributed by atoms with Gasteiger partial charge in [0.25, 0.3) is 0 Å². The molecule has 2 nitrogen and oxygen atoms in total. The highest BCUT2D eigenvalue weighted by molar-refractivity contribution is 5.81. The summed E-state index contributed by atoms with van der Waals surface area (Å²) >= 11 is 0. The summed E-state index contributed by atoms with van der Waals surface area (Å²) < 4.78 is 4.77. The first-order valence-electron chi connectivity index (χ1n) is 6.29. The lowest BCUT2D eigenvalue weighted by Crippen LogP contribution is -1.98.